The Morgan fingerprint density at radius 1 is 1.47 bits per heavy atom. The van der Waals surface area contributed by atoms with E-state index < -0.39 is 20.6 Å². The first-order valence-electron chi connectivity index (χ1n) is 5.20. The highest BCUT2D eigenvalue weighted by atomic mass is 35.5. The molecule has 0 aliphatic heterocycles. The Kier molecular flexibility index (Phi) is 5.60. The maximum atomic E-state index is 12.2. The average molecular weight is 325 g/mol. The molecule has 0 amide bonds. The summed E-state index contributed by atoms with van der Waals surface area (Å²) in [6.07, 6.45) is 1.87. The molecule has 0 aliphatic rings. The van der Waals surface area contributed by atoms with Crippen molar-refractivity contribution >= 4 is 39.1 Å². The van der Waals surface area contributed by atoms with Crippen LogP contribution in [0.5, 0.6) is 0 Å². The topological polar surface area (TPSA) is 80.5 Å². The van der Waals surface area contributed by atoms with Crippen molar-refractivity contribution in [3.63, 3.8) is 0 Å². The Hall–Kier alpha value is -0.830. The second-order valence-corrected chi connectivity index (χ2v) is 7.13. The summed E-state index contributed by atoms with van der Waals surface area (Å²) in [6.45, 7) is 0.333. The first-order valence-corrected chi connectivity index (χ1v) is 8.41. The monoisotopic (exact) mass is 324 g/mol. The third kappa shape index (κ3) is 3.82. The predicted octanol–water partition coefficient (Wildman–Crippen LogP) is 2.23. The van der Waals surface area contributed by atoms with Gasteiger partial charge in [-0.1, -0.05) is 11.6 Å². The fourth-order valence-electron chi connectivity index (χ4n) is 1.31. The van der Waals surface area contributed by atoms with E-state index in [2.05, 4.69) is 0 Å². The molecule has 0 saturated heterocycles. The summed E-state index contributed by atoms with van der Waals surface area (Å²) < 4.78 is 25.5. The molecule has 0 radical (unpaired) electrons. The van der Waals surface area contributed by atoms with Gasteiger partial charge in [0.05, 0.1) is 9.82 Å². The molecule has 19 heavy (non-hydrogen) atoms. The van der Waals surface area contributed by atoms with E-state index in [-0.39, 0.29) is 9.92 Å². The third-order valence-corrected chi connectivity index (χ3v) is 5.20. The standard InChI is InChI=1S/C10H13ClN2O4S2/c1-12(5-6-18-2)19(16,17)8-3-4-9(11)10(7-8)13(14)15/h3-4,7H,5-6H2,1-2H3. The number of hydrogen-bond acceptors (Lipinski definition) is 5. The molecule has 0 aromatic heterocycles. The molecule has 1 aromatic rings. The van der Waals surface area contributed by atoms with Crippen LogP contribution in [0.25, 0.3) is 0 Å². The van der Waals surface area contributed by atoms with Crippen molar-refractivity contribution in [2.75, 3.05) is 25.6 Å². The van der Waals surface area contributed by atoms with Gasteiger partial charge in [0, 0.05) is 25.4 Å². The van der Waals surface area contributed by atoms with Gasteiger partial charge in [0.2, 0.25) is 10.0 Å². The molecule has 0 aliphatic carbocycles. The Balaban J connectivity index is 3.15. The van der Waals surface area contributed by atoms with Crippen LogP contribution in [-0.2, 0) is 10.0 Å². The molecule has 9 heteroatoms. The lowest BCUT2D eigenvalue weighted by Gasteiger charge is -2.16. The SMILES string of the molecule is CSCCN(C)S(=O)(=O)c1ccc(Cl)c([N+](=O)[O-])c1. The third-order valence-electron chi connectivity index (χ3n) is 2.43. The van der Waals surface area contributed by atoms with E-state index in [1.54, 1.807) is 0 Å². The van der Waals surface area contributed by atoms with Gasteiger partial charge >= 0.3 is 0 Å². The molecule has 1 rings (SSSR count). The molecule has 0 spiro atoms. The Bertz CT molecular complexity index is 577. The molecule has 106 valence electrons. The molecular formula is C10H13ClN2O4S2. The minimum atomic E-state index is -3.73. The van der Waals surface area contributed by atoms with Gasteiger partial charge in [0.25, 0.3) is 5.69 Å². The second-order valence-electron chi connectivity index (χ2n) is 3.69. The first kappa shape index (κ1) is 16.2. The summed E-state index contributed by atoms with van der Waals surface area (Å²) in [6, 6.07) is 3.46. The quantitative estimate of drug-likeness (QED) is 0.592. The van der Waals surface area contributed by atoms with Crippen LogP contribution in [0.4, 0.5) is 5.69 Å². The molecular weight excluding hydrogens is 312 g/mol. The summed E-state index contributed by atoms with van der Waals surface area (Å²) in [4.78, 5) is 9.91. The zero-order valence-electron chi connectivity index (χ0n) is 10.4. The van der Waals surface area contributed by atoms with Crippen LogP contribution in [0, 0.1) is 10.1 Å². The van der Waals surface area contributed by atoms with Gasteiger partial charge in [-0.05, 0) is 18.4 Å². The molecule has 0 heterocycles. The van der Waals surface area contributed by atoms with Crippen molar-refractivity contribution in [3.8, 4) is 0 Å². The highest BCUT2D eigenvalue weighted by Crippen LogP contribution is 2.28. The number of nitrogens with zero attached hydrogens (tertiary/aromatic N) is 2. The smallest absolute Gasteiger partial charge is 0.258 e. The molecule has 0 fully saturated rings. The zero-order valence-corrected chi connectivity index (χ0v) is 12.8. The van der Waals surface area contributed by atoms with Crippen LogP contribution >= 0.6 is 23.4 Å². The van der Waals surface area contributed by atoms with E-state index in [1.165, 1.54) is 30.9 Å². The maximum absolute atomic E-state index is 12.2. The Morgan fingerprint density at radius 2 is 2.11 bits per heavy atom. The number of thioether (sulfide) groups is 1. The minimum Gasteiger partial charge on any atom is -0.258 e. The molecule has 0 saturated carbocycles. The van der Waals surface area contributed by atoms with Crippen molar-refractivity contribution in [2.45, 2.75) is 4.90 Å². The van der Waals surface area contributed by atoms with Crippen LogP contribution in [-0.4, -0.2) is 43.2 Å². The molecule has 6 nitrogen and oxygen atoms in total. The van der Waals surface area contributed by atoms with Gasteiger partial charge in [0.1, 0.15) is 5.02 Å². The van der Waals surface area contributed by atoms with E-state index in [0.717, 1.165) is 10.4 Å². The van der Waals surface area contributed by atoms with Crippen molar-refractivity contribution in [1.29, 1.82) is 0 Å². The summed E-state index contributed by atoms with van der Waals surface area (Å²) in [5.41, 5.74) is -0.416. The number of halogens is 1. The number of nitro groups is 1. The normalized spacial score (nSPS) is 11.8. The molecule has 0 N–H and O–H groups in total. The lowest BCUT2D eigenvalue weighted by atomic mass is 10.3. The van der Waals surface area contributed by atoms with Gasteiger partial charge in [-0.25, -0.2) is 12.7 Å². The Labute approximate surface area is 120 Å². The van der Waals surface area contributed by atoms with Crippen molar-refractivity contribution in [2.24, 2.45) is 0 Å². The summed E-state index contributed by atoms with van der Waals surface area (Å²) in [5, 5.41) is 10.7. The molecule has 0 bridgehead atoms. The minimum absolute atomic E-state index is 0.0873. The van der Waals surface area contributed by atoms with Gasteiger partial charge in [0.15, 0.2) is 0 Å². The highest BCUT2D eigenvalue weighted by Gasteiger charge is 2.24. The lowest BCUT2D eigenvalue weighted by Crippen LogP contribution is -2.29. The fourth-order valence-corrected chi connectivity index (χ4v) is 3.26. The van der Waals surface area contributed by atoms with Gasteiger partial charge in [-0.15, -0.1) is 0 Å². The second kappa shape index (κ2) is 6.56. The summed E-state index contributed by atoms with van der Waals surface area (Å²) in [5.74, 6) is 0.644. The van der Waals surface area contributed by atoms with Gasteiger partial charge in [-0.2, -0.15) is 11.8 Å². The fraction of sp³-hybridized carbons (Fsp3) is 0.400. The van der Waals surface area contributed by atoms with Crippen LogP contribution in [0.1, 0.15) is 0 Å². The van der Waals surface area contributed by atoms with Crippen LogP contribution < -0.4 is 0 Å². The summed E-state index contributed by atoms with van der Waals surface area (Å²) in [7, 11) is -2.29. The number of rotatable bonds is 6. The van der Waals surface area contributed by atoms with E-state index in [9.17, 15) is 18.5 Å². The van der Waals surface area contributed by atoms with Gasteiger partial charge < -0.3 is 0 Å². The highest BCUT2D eigenvalue weighted by molar-refractivity contribution is 7.98. The van der Waals surface area contributed by atoms with Crippen molar-refractivity contribution in [3.05, 3.63) is 33.3 Å². The maximum Gasteiger partial charge on any atom is 0.289 e. The summed E-state index contributed by atoms with van der Waals surface area (Å²) >= 11 is 7.17. The molecule has 0 unspecified atom stereocenters. The number of hydrogen-bond donors (Lipinski definition) is 0. The van der Waals surface area contributed by atoms with Crippen LogP contribution in [0.2, 0.25) is 5.02 Å². The number of nitro benzene ring substituents is 1. The van der Waals surface area contributed by atoms with Crippen LogP contribution in [0.3, 0.4) is 0 Å². The van der Waals surface area contributed by atoms with Gasteiger partial charge in [-0.3, -0.25) is 10.1 Å². The van der Waals surface area contributed by atoms with E-state index >= 15 is 0 Å². The molecule has 1 aromatic carbocycles. The van der Waals surface area contributed by atoms with E-state index in [0.29, 0.717) is 12.3 Å². The zero-order chi connectivity index (χ0) is 14.6. The number of benzene rings is 1. The van der Waals surface area contributed by atoms with Crippen molar-refractivity contribution < 1.29 is 13.3 Å². The predicted molar refractivity (Wildman–Crippen MR) is 76.3 cm³/mol. The largest absolute Gasteiger partial charge is 0.289 e. The first-order chi connectivity index (χ1) is 8.80. The number of sulfonamides is 1. The van der Waals surface area contributed by atoms with Crippen LogP contribution in [0.15, 0.2) is 23.1 Å². The van der Waals surface area contributed by atoms with Crippen molar-refractivity contribution in [1.82, 2.24) is 4.31 Å². The molecule has 0 atom stereocenters. The van der Waals surface area contributed by atoms with E-state index in [4.69, 9.17) is 11.6 Å². The Morgan fingerprint density at radius 3 is 2.63 bits per heavy atom. The van der Waals surface area contributed by atoms with E-state index in [1.807, 2.05) is 6.26 Å². The average Bonchev–Trinajstić information content (AvgIpc) is 2.35. The lowest BCUT2D eigenvalue weighted by molar-refractivity contribution is -0.384.